The second-order valence-corrected chi connectivity index (χ2v) is 7.80. The Morgan fingerprint density at radius 2 is 2.10 bits per heavy atom. The highest BCUT2D eigenvalue weighted by atomic mass is 127. The van der Waals surface area contributed by atoms with Gasteiger partial charge in [0.2, 0.25) is 0 Å². The largest absolute Gasteiger partial charge is 0.381 e. The van der Waals surface area contributed by atoms with Crippen LogP contribution in [0.4, 0.5) is 0 Å². The van der Waals surface area contributed by atoms with Gasteiger partial charge in [-0.05, 0) is 57.1 Å². The number of nitrogens with zero attached hydrogens (tertiary/aromatic N) is 2. The first-order valence-corrected chi connectivity index (χ1v) is 11.1. The van der Waals surface area contributed by atoms with Gasteiger partial charge >= 0.3 is 0 Å². The minimum Gasteiger partial charge on any atom is -0.381 e. The molecule has 5 nitrogen and oxygen atoms in total. The molecule has 2 atom stereocenters. The molecule has 29 heavy (non-hydrogen) atoms. The van der Waals surface area contributed by atoms with E-state index in [1.54, 1.807) is 0 Å². The molecule has 1 N–H and O–H groups in total. The number of aryl methyl sites for hydroxylation is 1. The highest BCUT2D eigenvalue weighted by Gasteiger charge is 2.25. The van der Waals surface area contributed by atoms with E-state index in [9.17, 15) is 0 Å². The monoisotopic (exact) mass is 515 g/mol. The van der Waals surface area contributed by atoms with Crippen LogP contribution in [0.25, 0.3) is 0 Å². The summed E-state index contributed by atoms with van der Waals surface area (Å²) in [7, 11) is 0. The van der Waals surface area contributed by atoms with Gasteiger partial charge < -0.3 is 19.7 Å². The number of likely N-dealkylation sites (tertiary alicyclic amines) is 1. The number of aliphatic imine (C=N–C) groups is 1. The van der Waals surface area contributed by atoms with Crippen molar-refractivity contribution in [3.05, 3.63) is 35.4 Å². The molecule has 164 valence electrons. The molecule has 2 unspecified atom stereocenters. The highest BCUT2D eigenvalue weighted by molar-refractivity contribution is 14.0. The molecule has 0 amide bonds. The maximum Gasteiger partial charge on any atom is 0.193 e. The van der Waals surface area contributed by atoms with Gasteiger partial charge in [0.1, 0.15) is 0 Å². The van der Waals surface area contributed by atoms with Crippen LogP contribution in [0.1, 0.15) is 56.8 Å². The van der Waals surface area contributed by atoms with E-state index in [1.165, 1.54) is 30.4 Å². The second kappa shape index (κ2) is 13.4. The molecule has 0 aromatic heterocycles. The Hall–Kier alpha value is -0.860. The van der Waals surface area contributed by atoms with Gasteiger partial charge in [-0.3, -0.25) is 4.99 Å². The average Bonchev–Trinajstić information content (AvgIpc) is 3.20. The minimum atomic E-state index is 0. The van der Waals surface area contributed by atoms with E-state index in [0.717, 1.165) is 64.8 Å². The molecule has 0 spiro atoms. The van der Waals surface area contributed by atoms with Crippen molar-refractivity contribution in [2.45, 2.75) is 52.1 Å². The lowest BCUT2D eigenvalue weighted by Gasteiger charge is -2.25. The summed E-state index contributed by atoms with van der Waals surface area (Å²) in [5.74, 6) is 1.67. The van der Waals surface area contributed by atoms with E-state index in [4.69, 9.17) is 14.5 Å². The lowest BCUT2D eigenvalue weighted by molar-refractivity contribution is 0.0402. The zero-order valence-electron chi connectivity index (χ0n) is 18.1. The normalized spacial score (nSPS) is 21.6. The van der Waals surface area contributed by atoms with E-state index in [0.29, 0.717) is 5.92 Å². The van der Waals surface area contributed by atoms with Crippen molar-refractivity contribution in [2.24, 2.45) is 10.9 Å². The van der Waals surface area contributed by atoms with Crippen molar-refractivity contribution in [2.75, 3.05) is 46.0 Å². The van der Waals surface area contributed by atoms with Gasteiger partial charge in [-0.15, -0.1) is 24.0 Å². The molecule has 2 aliphatic rings. The molecule has 0 saturated carbocycles. The van der Waals surface area contributed by atoms with Crippen LogP contribution in [0.3, 0.4) is 0 Å². The Labute approximate surface area is 193 Å². The Morgan fingerprint density at radius 3 is 2.93 bits per heavy atom. The van der Waals surface area contributed by atoms with E-state index >= 15 is 0 Å². The van der Waals surface area contributed by atoms with Crippen LogP contribution >= 0.6 is 24.0 Å². The molecule has 1 aromatic rings. The number of nitrogens with one attached hydrogen (secondary N) is 1. The molecule has 1 fully saturated rings. The van der Waals surface area contributed by atoms with Gasteiger partial charge in [0, 0.05) is 45.3 Å². The van der Waals surface area contributed by atoms with Gasteiger partial charge in [-0.2, -0.15) is 0 Å². The zero-order chi connectivity index (χ0) is 19.6. The molecular weight excluding hydrogens is 477 g/mol. The molecule has 1 saturated heterocycles. The summed E-state index contributed by atoms with van der Waals surface area (Å²) in [6.45, 7) is 10.5. The van der Waals surface area contributed by atoms with Gasteiger partial charge in [0.25, 0.3) is 0 Å². The Morgan fingerprint density at radius 1 is 1.24 bits per heavy atom. The first kappa shape index (κ1) is 24.4. The van der Waals surface area contributed by atoms with Crippen molar-refractivity contribution < 1.29 is 9.47 Å². The molecule has 1 aliphatic carbocycles. The summed E-state index contributed by atoms with van der Waals surface area (Å²) in [5, 5.41) is 3.45. The number of rotatable bonds is 9. The summed E-state index contributed by atoms with van der Waals surface area (Å²) < 4.78 is 11.8. The van der Waals surface area contributed by atoms with E-state index in [2.05, 4.69) is 48.3 Å². The maximum absolute atomic E-state index is 6.22. The Kier molecular flexibility index (Phi) is 11.3. The quantitative estimate of drug-likeness (QED) is 0.229. The standard InChI is InChI=1S/C23H37N3O2.HI/c1-3-24-23(26-15-13-19(17-26)18-27-4-2)25-14-8-16-28-22-12-7-10-20-9-5-6-11-21(20)22;/h5-6,9,11,19,22H,3-4,7-8,10,12-18H2,1-2H3,(H,24,25);1H. The highest BCUT2D eigenvalue weighted by Crippen LogP contribution is 2.32. The van der Waals surface area contributed by atoms with Crippen molar-refractivity contribution in [3.8, 4) is 0 Å². The van der Waals surface area contributed by atoms with Gasteiger partial charge in [-0.25, -0.2) is 0 Å². The predicted octanol–water partition coefficient (Wildman–Crippen LogP) is 4.41. The lowest BCUT2D eigenvalue weighted by atomic mass is 9.89. The topological polar surface area (TPSA) is 46.1 Å². The number of guanidine groups is 1. The summed E-state index contributed by atoms with van der Waals surface area (Å²) in [5.41, 5.74) is 2.85. The first-order chi connectivity index (χ1) is 13.8. The number of hydrogen-bond donors (Lipinski definition) is 1. The molecule has 1 heterocycles. The number of fused-ring (bicyclic) bond motifs is 1. The van der Waals surface area contributed by atoms with E-state index in [-0.39, 0.29) is 30.1 Å². The number of ether oxygens (including phenoxy) is 2. The van der Waals surface area contributed by atoms with Gasteiger partial charge in [0.15, 0.2) is 5.96 Å². The molecule has 0 bridgehead atoms. The van der Waals surface area contributed by atoms with Crippen LogP contribution in [0, 0.1) is 5.92 Å². The number of halogens is 1. The fraction of sp³-hybridized carbons (Fsp3) is 0.696. The third kappa shape index (κ3) is 7.40. The number of benzene rings is 1. The Bertz CT molecular complexity index is 626. The van der Waals surface area contributed by atoms with Crippen molar-refractivity contribution in [1.29, 1.82) is 0 Å². The summed E-state index contributed by atoms with van der Waals surface area (Å²) in [4.78, 5) is 7.23. The molecule has 1 aliphatic heterocycles. The fourth-order valence-electron chi connectivity index (χ4n) is 4.23. The van der Waals surface area contributed by atoms with Crippen LogP contribution < -0.4 is 5.32 Å². The van der Waals surface area contributed by atoms with Crippen LogP contribution in [-0.2, 0) is 15.9 Å². The molecule has 0 radical (unpaired) electrons. The summed E-state index contributed by atoms with van der Waals surface area (Å²) in [6, 6.07) is 8.73. The van der Waals surface area contributed by atoms with Crippen molar-refractivity contribution in [3.63, 3.8) is 0 Å². The average molecular weight is 515 g/mol. The van der Waals surface area contributed by atoms with Crippen LogP contribution in [0.5, 0.6) is 0 Å². The fourth-order valence-corrected chi connectivity index (χ4v) is 4.23. The van der Waals surface area contributed by atoms with Crippen LogP contribution in [-0.4, -0.2) is 56.9 Å². The van der Waals surface area contributed by atoms with E-state index < -0.39 is 0 Å². The SMILES string of the molecule is CCNC(=NCCCOC1CCCc2ccccc21)N1CCC(COCC)C1.I. The third-order valence-electron chi connectivity index (χ3n) is 5.68. The molecule has 3 rings (SSSR count). The van der Waals surface area contributed by atoms with E-state index in [1.807, 2.05) is 0 Å². The molecule has 1 aromatic carbocycles. The molecular formula is C23H38IN3O2. The second-order valence-electron chi connectivity index (χ2n) is 7.80. The smallest absolute Gasteiger partial charge is 0.193 e. The third-order valence-corrected chi connectivity index (χ3v) is 5.68. The Balaban J connectivity index is 0.00000300. The predicted molar refractivity (Wildman–Crippen MR) is 130 cm³/mol. The van der Waals surface area contributed by atoms with Crippen molar-refractivity contribution >= 4 is 29.9 Å². The first-order valence-electron chi connectivity index (χ1n) is 11.1. The lowest BCUT2D eigenvalue weighted by Crippen LogP contribution is -2.40. The van der Waals surface area contributed by atoms with Crippen LogP contribution in [0.2, 0.25) is 0 Å². The van der Waals surface area contributed by atoms with Crippen LogP contribution in [0.15, 0.2) is 29.3 Å². The van der Waals surface area contributed by atoms with Gasteiger partial charge in [-0.1, -0.05) is 24.3 Å². The van der Waals surface area contributed by atoms with Crippen molar-refractivity contribution in [1.82, 2.24) is 10.2 Å². The zero-order valence-corrected chi connectivity index (χ0v) is 20.4. The maximum atomic E-state index is 6.22. The minimum absolute atomic E-state index is 0. The molecule has 6 heteroatoms. The van der Waals surface area contributed by atoms with Gasteiger partial charge in [0.05, 0.1) is 12.7 Å². The number of hydrogen-bond acceptors (Lipinski definition) is 3. The summed E-state index contributed by atoms with van der Waals surface area (Å²) >= 11 is 0. The summed E-state index contributed by atoms with van der Waals surface area (Å²) in [6.07, 6.45) is 5.96.